The number of carbonyl (C=O) groups is 1. The molecule has 0 radical (unpaired) electrons. The van der Waals surface area contributed by atoms with Gasteiger partial charge in [0.15, 0.2) is 0 Å². The van der Waals surface area contributed by atoms with Gasteiger partial charge in [-0.1, -0.05) is 0 Å². The van der Waals surface area contributed by atoms with Crippen molar-refractivity contribution in [2.24, 2.45) is 0 Å². The number of rotatable bonds is 1. The highest BCUT2D eigenvalue weighted by atomic mass is 16.5. The van der Waals surface area contributed by atoms with E-state index < -0.39 is 18.3 Å². The molecule has 0 aromatic heterocycles. The number of hydrogen-bond donors (Lipinski definition) is 3. The molecule has 2 saturated heterocycles. The summed E-state index contributed by atoms with van der Waals surface area (Å²) < 4.78 is 5.31. The van der Waals surface area contributed by atoms with Gasteiger partial charge < -0.3 is 25.2 Å². The third-order valence-electron chi connectivity index (χ3n) is 2.77. The number of hydrogen-bond acceptors (Lipinski definition) is 5. The number of nitrogens with one attached hydrogen (secondary N) is 1. The van der Waals surface area contributed by atoms with E-state index in [1.165, 1.54) is 4.90 Å². The van der Waals surface area contributed by atoms with Gasteiger partial charge in [0.05, 0.1) is 18.8 Å². The number of nitrogens with zero attached hydrogens (tertiary/aromatic N) is 1. The molecular weight excluding hydrogens is 200 g/mol. The molecule has 0 saturated carbocycles. The van der Waals surface area contributed by atoms with Crippen molar-refractivity contribution in [1.29, 1.82) is 0 Å². The van der Waals surface area contributed by atoms with Gasteiger partial charge in [0.2, 0.25) is 0 Å². The van der Waals surface area contributed by atoms with Gasteiger partial charge in [0.25, 0.3) is 5.91 Å². The van der Waals surface area contributed by atoms with Crippen molar-refractivity contribution in [2.75, 3.05) is 32.8 Å². The Hall–Kier alpha value is -0.690. The summed E-state index contributed by atoms with van der Waals surface area (Å²) in [6.45, 7) is 2.17. The van der Waals surface area contributed by atoms with Crippen molar-refractivity contribution in [2.45, 2.75) is 18.3 Å². The quantitative estimate of drug-likeness (QED) is 0.453. The van der Waals surface area contributed by atoms with Crippen LogP contribution in [0.1, 0.15) is 0 Å². The van der Waals surface area contributed by atoms with E-state index in [-0.39, 0.29) is 19.0 Å². The lowest BCUT2D eigenvalue weighted by Gasteiger charge is -2.26. The van der Waals surface area contributed by atoms with Crippen LogP contribution in [0.2, 0.25) is 0 Å². The number of aliphatic hydroxyl groups excluding tert-OH is 2. The minimum Gasteiger partial charge on any atom is -0.388 e. The zero-order valence-corrected chi connectivity index (χ0v) is 8.43. The van der Waals surface area contributed by atoms with Crippen molar-refractivity contribution in [3.63, 3.8) is 0 Å². The Balaban J connectivity index is 1.90. The van der Waals surface area contributed by atoms with Gasteiger partial charge in [-0.05, 0) is 0 Å². The lowest BCUT2D eigenvalue weighted by Crippen LogP contribution is -2.49. The summed E-state index contributed by atoms with van der Waals surface area (Å²) in [5.41, 5.74) is 0. The van der Waals surface area contributed by atoms with Gasteiger partial charge >= 0.3 is 0 Å². The number of ether oxygens (including phenoxy) is 1. The van der Waals surface area contributed by atoms with Crippen LogP contribution in [0.25, 0.3) is 0 Å². The van der Waals surface area contributed by atoms with Gasteiger partial charge in [0, 0.05) is 26.2 Å². The molecule has 2 rings (SSSR count). The third kappa shape index (κ3) is 2.28. The third-order valence-corrected chi connectivity index (χ3v) is 2.77. The second kappa shape index (κ2) is 4.44. The van der Waals surface area contributed by atoms with Crippen LogP contribution in [-0.4, -0.2) is 72.1 Å². The van der Waals surface area contributed by atoms with Gasteiger partial charge in [-0.3, -0.25) is 4.79 Å². The van der Waals surface area contributed by atoms with Crippen LogP contribution in [0.5, 0.6) is 0 Å². The molecule has 0 bridgehead atoms. The van der Waals surface area contributed by atoms with E-state index in [9.17, 15) is 15.0 Å². The average molecular weight is 216 g/mol. The Morgan fingerprint density at radius 1 is 1.33 bits per heavy atom. The first-order valence-corrected chi connectivity index (χ1v) is 5.15. The van der Waals surface area contributed by atoms with E-state index in [2.05, 4.69) is 5.32 Å². The van der Waals surface area contributed by atoms with Crippen molar-refractivity contribution in [3.8, 4) is 0 Å². The molecule has 1 unspecified atom stereocenters. The van der Waals surface area contributed by atoms with Crippen LogP contribution in [0, 0.1) is 0 Å². The van der Waals surface area contributed by atoms with Gasteiger partial charge in [0.1, 0.15) is 6.10 Å². The van der Waals surface area contributed by atoms with Crippen LogP contribution in [0.15, 0.2) is 0 Å². The predicted molar refractivity (Wildman–Crippen MR) is 51.2 cm³/mol. The zero-order valence-electron chi connectivity index (χ0n) is 8.43. The van der Waals surface area contributed by atoms with E-state index in [0.717, 1.165) is 6.54 Å². The average Bonchev–Trinajstić information content (AvgIpc) is 2.59. The molecule has 2 aliphatic rings. The molecule has 2 heterocycles. The smallest absolute Gasteiger partial charge is 0.253 e. The minimum atomic E-state index is -0.828. The second-order valence-electron chi connectivity index (χ2n) is 3.94. The number of morpholine rings is 1. The summed E-state index contributed by atoms with van der Waals surface area (Å²) in [6.07, 6.45) is -2.13. The van der Waals surface area contributed by atoms with E-state index >= 15 is 0 Å². The molecule has 6 nitrogen and oxygen atoms in total. The summed E-state index contributed by atoms with van der Waals surface area (Å²) in [7, 11) is 0. The molecule has 86 valence electrons. The molecule has 2 aliphatic heterocycles. The maximum absolute atomic E-state index is 11.8. The molecule has 0 aromatic rings. The Kier molecular flexibility index (Phi) is 3.20. The fraction of sp³-hybridized carbons (Fsp3) is 0.889. The van der Waals surface area contributed by atoms with Crippen LogP contribution in [0.4, 0.5) is 0 Å². The van der Waals surface area contributed by atoms with Crippen molar-refractivity contribution < 1.29 is 19.7 Å². The Morgan fingerprint density at radius 2 is 2.00 bits per heavy atom. The zero-order chi connectivity index (χ0) is 10.8. The van der Waals surface area contributed by atoms with Crippen LogP contribution < -0.4 is 5.32 Å². The largest absolute Gasteiger partial charge is 0.388 e. The van der Waals surface area contributed by atoms with Gasteiger partial charge in [-0.25, -0.2) is 0 Å². The van der Waals surface area contributed by atoms with Crippen LogP contribution in [-0.2, 0) is 9.53 Å². The first-order chi connectivity index (χ1) is 7.18. The summed E-state index contributed by atoms with van der Waals surface area (Å²) in [5.74, 6) is -0.155. The van der Waals surface area contributed by atoms with E-state index in [1.54, 1.807) is 0 Å². The molecule has 15 heavy (non-hydrogen) atoms. The number of amides is 1. The molecule has 2 fully saturated rings. The topological polar surface area (TPSA) is 82.0 Å². The molecular formula is C9H16N2O4. The normalized spacial score (nSPS) is 36.9. The molecule has 0 aliphatic carbocycles. The SMILES string of the molecule is O=C(C1CNCCO1)N1C[C@@H](O)[C@@H](O)C1. The maximum Gasteiger partial charge on any atom is 0.253 e. The fourth-order valence-electron chi connectivity index (χ4n) is 1.88. The highest BCUT2D eigenvalue weighted by Crippen LogP contribution is 2.12. The van der Waals surface area contributed by atoms with Gasteiger partial charge in [-0.15, -0.1) is 0 Å². The lowest BCUT2D eigenvalue weighted by atomic mass is 10.2. The Bertz CT molecular complexity index is 232. The molecule has 0 spiro atoms. The maximum atomic E-state index is 11.8. The van der Waals surface area contributed by atoms with Crippen molar-refractivity contribution >= 4 is 5.91 Å². The number of likely N-dealkylation sites (tertiary alicyclic amines) is 1. The lowest BCUT2D eigenvalue weighted by molar-refractivity contribution is -0.144. The van der Waals surface area contributed by atoms with Crippen LogP contribution in [0.3, 0.4) is 0 Å². The number of β-amino-alcohol motifs (C(OH)–C–C–N with tert-alkyl or cyclic N) is 2. The molecule has 6 heteroatoms. The first kappa shape index (κ1) is 10.8. The second-order valence-corrected chi connectivity index (χ2v) is 3.94. The molecule has 3 N–H and O–H groups in total. The van der Waals surface area contributed by atoms with E-state index in [1.807, 2.05) is 0 Å². The summed E-state index contributed by atoms with van der Waals surface area (Å²) >= 11 is 0. The van der Waals surface area contributed by atoms with Crippen LogP contribution >= 0.6 is 0 Å². The highest BCUT2D eigenvalue weighted by Gasteiger charge is 2.36. The standard InChI is InChI=1S/C9H16N2O4/c12-6-4-11(5-7(6)13)9(14)8-3-10-1-2-15-8/h6-8,10,12-13H,1-5H2/t6-,7+,8?. The Labute approximate surface area is 87.8 Å². The van der Waals surface area contributed by atoms with Crippen molar-refractivity contribution in [1.82, 2.24) is 10.2 Å². The van der Waals surface area contributed by atoms with Crippen molar-refractivity contribution in [3.05, 3.63) is 0 Å². The predicted octanol–water partition coefficient (Wildman–Crippen LogP) is -2.46. The van der Waals surface area contributed by atoms with Gasteiger partial charge in [-0.2, -0.15) is 0 Å². The van der Waals surface area contributed by atoms with E-state index in [0.29, 0.717) is 13.2 Å². The highest BCUT2D eigenvalue weighted by molar-refractivity contribution is 5.81. The summed E-state index contributed by atoms with van der Waals surface area (Å²) in [6, 6.07) is 0. The summed E-state index contributed by atoms with van der Waals surface area (Å²) in [5, 5.41) is 21.7. The van der Waals surface area contributed by atoms with E-state index in [4.69, 9.17) is 4.74 Å². The number of aliphatic hydroxyl groups is 2. The summed E-state index contributed by atoms with van der Waals surface area (Å²) in [4.78, 5) is 13.3. The fourth-order valence-corrected chi connectivity index (χ4v) is 1.88. The molecule has 0 aromatic carbocycles. The molecule has 1 amide bonds. The minimum absolute atomic E-state index is 0.155. The number of carbonyl (C=O) groups excluding carboxylic acids is 1. The monoisotopic (exact) mass is 216 g/mol. The first-order valence-electron chi connectivity index (χ1n) is 5.15. The molecule has 3 atom stereocenters. The Morgan fingerprint density at radius 3 is 2.53 bits per heavy atom.